The Kier molecular flexibility index (Phi) is 4.63. The van der Waals surface area contributed by atoms with Crippen molar-refractivity contribution >= 4 is 16.9 Å². The number of primary amides is 1. The van der Waals surface area contributed by atoms with Crippen LogP contribution in [-0.2, 0) is 6.54 Å². The van der Waals surface area contributed by atoms with E-state index in [1.54, 1.807) is 6.07 Å². The van der Waals surface area contributed by atoms with E-state index < -0.39 is 5.91 Å². The molecule has 6 heteroatoms. The highest BCUT2D eigenvalue weighted by Gasteiger charge is 2.23. The molecule has 2 heterocycles. The molecule has 6 nitrogen and oxygen atoms in total. The summed E-state index contributed by atoms with van der Waals surface area (Å²) in [5.74, 6) is 1.04. The highest BCUT2D eigenvalue weighted by molar-refractivity contribution is 6.04. The number of amides is 1. The van der Waals surface area contributed by atoms with Crippen molar-refractivity contribution in [2.24, 2.45) is 5.73 Å². The van der Waals surface area contributed by atoms with Gasteiger partial charge in [-0.2, -0.15) is 0 Å². The van der Waals surface area contributed by atoms with Gasteiger partial charge in [0.25, 0.3) is 5.91 Å². The first kappa shape index (κ1) is 16.0. The van der Waals surface area contributed by atoms with E-state index >= 15 is 0 Å². The van der Waals surface area contributed by atoms with E-state index in [1.807, 2.05) is 12.1 Å². The molecule has 0 bridgehead atoms. The van der Waals surface area contributed by atoms with Crippen molar-refractivity contribution in [3.8, 4) is 0 Å². The monoisotopic (exact) mass is 315 g/mol. The first-order valence-electron chi connectivity index (χ1n) is 8.22. The van der Waals surface area contributed by atoms with Gasteiger partial charge in [-0.1, -0.05) is 6.07 Å². The standard InChI is InChI=1S/C17H25N5O/c1-21(2)9-10-22-14-7-3-6-13(16(18)23)15(14)20-17(22)12-5-4-8-19-11-12/h3,6-7,12,19H,4-5,8-11H2,1-2H3,(H2,18,23). The Morgan fingerprint density at radius 1 is 1.48 bits per heavy atom. The average molecular weight is 315 g/mol. The number of fused-ring (bicyclic) bond motifs is 1. The van der Waals surface area contributed by atoms with Gasteiger partial charge in [-0.05, 0) is 45.6 Å². The number of rotatable bonds is 5. The summed E-state index contributed by atoms with van der Waals surface area (Å²) in [5.41, 5.74) is 7.78. The fourth-order valence-corrected chi connectivity index (χ4v) is 3.28. The normalized spacial score (nSPS) is 18.7. The molecule has 0 aliphatic carbocycles. The van der Waals surface area contributed by atoms with E-state index in [0.29, 0.717) is 11.5 Å². The molecule has 3 N–H and O–H groups in total. The summed E-state index contributed by atoms with van der Waals surface area (Å²) >= 11 is 0. The van der Waals surface area contributed by atoms with Gasteiger partial charge in [-0.15, -0.1) is 0 Å². The summed E-state index contributed by atoms with van der Waals surface area (Å²) in [6, 6.07) is 5.68. The fraction of sp³-hybridized carbons (Fsp3) is 0.529. The molecular weight excluding hydrogens is 290 g/mol. The highest BCUT2D eigenvalue weighted by atomic mass is 16.1. The summed E-state index contributed by atoms with van der Waals surface area (Å²) < 4.78 is 2.26. The maximum Gasteiger partial charge on any atom is 0.250 e. The summed E-state index contributed by atoms with van der Waals surface area (Å²) in [7, 11) is 4.13. The third-order valence-electron chi connectivity index (χ3n) is 4.51. The number of para-hydroxylation sites is 1. The average Bonchev–Trinajstić information content (AvgIpc) is 2.92. The second-order valence-corrected chi connectivity index (χ2v) is 6.51. The zero-order chi connectivity index (χ0) is 16.4. The second kappa shape index (κ2) is 6.68. The largest absolute Gasteiger partial charge is 0.366 e. The Bertz CT molecular complexity index is 700. The summed E-state index contributed by atoms with van der Waals surface area (Å²) in [5, 5.41) is 3.45. The Morgan fingerprint density at radius 3 is 2.96 bits per heavy atom. The minimum atomic E-state index is -0.416. The van der Waals surface area contributed by atoms with Crippen LogP contribution in [0.15, 0.2) is 18.2 Å². The topological polar surface area (TPSA) is 76.2 Å². The minimum Gasteiger partial charge on any atom is -0.366 e. The smallest absolute Gasteiger partial charge is 0.250 e. The van der Waals surface area contributed by atoms with Crippen LogP contribution in [0.3, 0.4) is 0 Å². The van der Waals surface area contributed by atoms with Crippen LogP contribution in [0.5, 0.6) is 0 Å². The molecule has 1 amide bonds. The van der Waals surface area contributed by atoms with Crippen molar-refractivity contribution < 1.29 is 4.79 Å². The molecule has 1 aromatic carbocycles. The van der Waals surface area contributed by atoms with Crippen LogP contribution in [0.2, 0.25) is 0 Å². The number of hydrogen-bond acceptors (Lipinski definition) is 4. The predicted molar refractivity (Wildman–Crippen MR) is 91.6 cm³/mol. The van der Waals surface area contributed by atoms with Gasteiger partial charge >= 0.3 is 0 Å². The van der Waals surface area contributed by atoms with E-state index in [0.717, 1.165) is 55.9 Å². The Balaban J connectivity index is 2.09. The molecule has 1 unspecified atom stereocenters. The summed E-state index contributed by atoms with van der Waals surface area (Å²) in [6.45, 7) is 3.80. The third kappa shape index (κ3) is 3.23. The maximum absolute atomic E-state index is 11.7. The van der Waals surface area contributed by atoms with Gasteiger partial charge < -0.3 is 20.5 Å². The van der Waals surface area contributed by atoms with Crippen LogP contribution in [0.4, 0.5) is 0 Å². The molecule has 1 fully saturated rings. The third-order valence-corrected chi connectivity index (χ3v) is 4.51. The second-order valence-electron chi connectivity index (χ2n) is 6.51. The molecule has 2 aromatic rings. The maximum atomic E-state index is 11.7. The SMILES string of the molecule is CN(C)CCn1c(C2CCCNC2)nc2c(C(N)=O)cccc21. The van der Waals surface area contributed by atoms with Crippen LogP contribution in [-0.4, -0.2) is 54.1 Å². The van der Waals surface area contributed by atoms with Gasteiger partial charge in [-0.3, -0.25) is 4.79 Å². The fourth-order valence-electron chi connectivity index (χ4n) is 3.28. The first-order chi connectivity index (χ1) is 11.1. The van der Waals surface area contributed by atoms with Crippen LogP contribution in [0, 0.1) is 0 Å². The van der Waals surface area contributed by atoms with Crippen LogP contribution >= 0.6 is 0 Å². The number of nitrogens with one attached hydrogen (secondary N) is 1. The molecule has 1 aliphatic heterocycles. The molecule has 0 radical (unpaired) electrons. The van der Waals surface area contributed by atoms with Crippen molar-refractivity contribution in [2.45, 2.75) is 25.3 Å². The molecule has 0 spiro atoms. The number of carbonyl (C=O) groups is 1. The number of benzene rings is 1. The zero-order valence-electron chi connectivity index (χ0n) is 13.9. The molecule has 1 aliphatic rings. The molecule has 0 saturated carbocycles. The van der Waals surface area contributed by atoms with E-state index in [9.17, 15) is 4.79 Å². The quantitative estimate of drug-likeness (QED) is 0.868. The first-order valence-corrected chi connectivity index (χ1v) is 8.22. The number of imidazole rings is 1. The zero-order valence-corrected chi connectivity index (χ0v) is 13.9. The highest BCUT2D eigenvalue weighted by Crippen LogP contribution is 2.28. The summed E-state index contributed by atoms with van der Waals surface area (Å²) in [4.78, 5) is 18.7. The molecule has 23 heavy (non-hydrogen) atoms. The lowest BCUT2D eigenvalue weighted by molar-refractivity contribution is 0.100. The van der Waals surface area contributed by atoms with E-state index in [1.165, 1.54) is 0 Å². The number of nitrogens with two attached hydrogens (primary N) is 1. The van der Waals surface area contributed by atoms with Gasteiger partial charge in [0.15, 0.2) is 0 Å². The molecule has 124 valence electrons. The van der Waals surface area contributed by atoms with E-state index in [2.05, 4.69) is 28.9 Å². The lowest BCUT2D eigenvalue weighted by atomic mass is 9.99. The number of piperidine rings is 1. The van der Waals surface area contributed by atoms with Gasteiger partial charge in [-0.25, -0.2) is 4.98 Å². The lowest BCUT2D eigenvalue weighted by Crippen LogP contribution is -2.30. The van der Waals surface area contributed by atoms with Crippen LogP contribution < -0.4 is 11.1 Å². The van der Waals surface area contributed by atoms with Crippen molar-refractivity contribution in [2.75, 3.05) is 33.7 Å². The Labute approximate surface area is 136 Å². The number of nitrogens with zero attached hydrogens (tertiary/aromatic N) is 3. The lowest BCUT2D eigenvalue weighted by Gasteiger charge is -2.24. The van der Waals surface area contributed by atoms with E-state index in [-0.39, 0.29) is 0 Å². The van der Waals surface area contributed by atoms with Gasteiger partial charge in [0.2, 0.25) is 0 Å². The molecule has 3 rings (SSSR count). The van der Waals surface area contributed by atoms with Crippen LogP contribution in [0.25, 0.3) is 11.0 Å². The van der Waals surface area contributed by atoms with Gasteiger partial charge in [0, 0.05) is 25.6 Å². The van der Waals surface area contributed by atoms with Gasteiger partial charge in [0.05, 0.1) is 11.1 Å². The molecular formula is C17H25N5O. The van der Waals surface area contributed by atoms with Crippen molar-refractivity contribution in [1.29, 1.82) is 0 Å². The van der Waals surface area contributed by atoms with Crippen LogP contribution in [0.1, 0.15) is 34.9 Å². The van der Waals surface area contributed by atoms with Crippen molar-refractivity contribution in [3.05, 3.63) is 29.6 Å². The van der Waals surface area contributed by atoms with E-state index in [4.69, 9.17) is 10.7 Å². The van der Waals surface area contributed by atoms with Crippen molar-refractivity contribution in [1.82, 2.24) is 19.8 Å². The molecule has 1 atom stereocenters. The van der Waals surface area contributed by atoms with Gasteiger partial charge in [0.1, 0.15) is 11.3 Å². The summed E-state index contributed by atoms with van der Waals surface area (Å²) in [6.07, 6.45) is 2.29. The molecule has 1 aromatic heterocycles. The number of aromatic nitrogens is 2. The number of hydrogen-bond donors (Lipinski definition) is 2. The Hall–Kier alpha value is -1.92. The minimum absolute atomic E-state index is 0.388. The molecule has 1 saturated heterocycles. The number of carbonyl (C=O) groups excluding carboxylic acids is 1. The van der Waals surface area contributed by atoms with Crippen molar-refractivity contribution in [3.63, 3.8) is 0 Å². The Morgan fingerprint density at radius 2 is 2.30 bits per heavy atom. The predicted octanol–water partition coefficient (Wildman–Crippen LogP) is 1.16. The number of likely N-dealkylation sites (N-methyl/N-ethyl adjacent to an activating group) is 1.